The summed E-state index contributed by atoms with van der Waals surface area (Å²) in [6.07, 6.45) is 8.90. The molecule has 0 spiro atoms. The Morgan fingerprint density at radius 3 is 1.98 bits per heavy atom. The molecule has 0 aliphatic carbocycles. The number of nitrogens with zero attached hydrogens (tertiary/aromatic N) is 2. The van der Waals surface area contributed by atoms with Gasteiger partial charge in [-0.2, -0.15) is 0 Å². The maximum absolute atomic E-state index is 13.9. The van der Waals surface area contributed by atoms with Gasteiger partial charge in [-0.1, -0.05) is 76.6 Å². The lowest BCUT2D eigenvalue weighted by Crippen LogP contribution is -2.65. The van der Waals surface area contributed by atoms with Crippen LogP contribution in [-0.2, 0) is 20.8 Å². The molecule has 3 amide bonds. The number of methoxy groups -OCH3 is 3. The Morgan fingerprint density at radius 2 is 1.39 bits per heavy atom. The predicted molar refractivity (Wildman–Crippen MR) is 173 cm³/mol. The maximum atomic E-state index is 13.9. The molecule has 44 heavy (non-hydrogen) atoms. The van der Waals surface area contributed by atoms with E-state index in [0.717, 1.165) is 42.4 Å². The van der Waals surface area contributed by atoms with Crippen LogP contribution in [0.1, 0.15) is 77.7 Å². The molecule has 0 aromatic heterocycles. The summed E-state index contributed by atoms with van der Waals surface area (Å²) in [4.78, 5) is 43.4. The molecule has 2 aromatic rings. The van der Waals surface area contributed by atoms with Crippen LogP contribution in [0, 0.1) is 0 Å². The van der Waals surface area contributed by atoms with Gasteiger partial charge >= 0.3 is 0 Å². The summed E-state index contributed by atoms with van der Waals surface area (Å²) in [5.74, 6) is 1.14. The van der Waals surface area contributed by atoms with Crippen LogP contribution in [0.2, 0.25) is 0 Å². The number of nitrogens with one attached hydrogen (secondary N) is 1. The number of ether oxygens (including phenoxy) is 3. The van der Waals surface area contributed by atoms with Crippen molar-refractivity contribution in [1.82, 2.24) is 15.1 Å². The standard InChI is InChI=1S/C35H51N3O6/c1-7-9-11-12-13-14-19-36-32(39)24-38-25(3)34(40)37(20-10-8-2)29(35(38)41)21-26-15-17-27(18-16-26)28-22-30(42-4)33(44-6)31(23-28)43-5/h15-18,22-23,25,29H,7-14,19-21,24H2,1-6H3,(H,36,39)/t25-,29?/m0/s1. The molecule has 1 heterocycles. The molecule has 1 fully saturated rings. The van der Waals surface area contributed by atoms with Crippen molar-refractivity contribution in [1.29, 1.82) is 0 Å². The largest absolute Gasteiger partial charge is 0.493 e. The van der Waals surface area contributed by atoms with Crippen LogP contribution in [-0.4, -0.2) is 80.6 Å². The van der Waals surface area contributed by atoms with Gasteiger partial charge in [-0.05, 0) is 48.6 Å². The fraction of sp³-hybridized carbons (Fsp3) is 0.571. The molecule has 242 valence electrons. The smallest absolute Gasteiger partial charge is 0.246 e. The molecule has 0 saturated carbocycles. The van der Waals surface area contributed by atoms with Gasteiger partial charge in [0.1, 0.15) is 18.6 Å². The summed E-state index contributed by atoms with van der Waals surface area (Å²) in [6.45, 7) is 6.97. The lowest BCUT2D eigenvalue weighted by atomic mass is 9.96. The molecular weight excluding hydrogens is 558 g/mol. The van der Waals surface area contributed by atoms with Crippen LogP contribution >= 0.6 is 0 Å². The fourth-order valence-corrected chi connectivity index (χ4v) is 5.70. The van der Waals surface area contributed by atoms with E-state index in [1.807, 2.05) is 36.4 Å². The van der Waals surface area contributed by atoms with Crippen molar-refractivity contribution in [3.8, 4) is 28.4 Å². The van der Waals surface area contributed by atoms with Crippen LogP contribution in [0.15, 0.2) is 36.4 Å². The molecule has 2 aromatic carbocycles. The van der Waals surface area contributed by atoms with Crippen LogP contribution in [0.25, 0.3) is 11.1 Å². The Bertz CT molecular complexity index is 1210. The third-order valence-electron chi connectivity index (χ3n) is 8.35. The first-order chi connectivity index (χ1) is 21.3. The molecule has 1 saturated heterocycles. The van der Waals surface area contributed by atoms with E-state index in [0.29, 0.717) is 36.8 Å². The molecule has 1 unspecified atom stereocenters. The van der Waals surface area contributed by atoms with Gasteiger partial charge < -0.3 is 29.3 Å². The predicted octanol–water partition coefficient (Wildman–Crippen LogP) is 5.63. The maximum Gasteiger partial charge on any atom is 0.246 e. The normalized spacial score (nSPS) is 16.7. The van der Waals surface area contributed by atoms with E-state index in [4.69, 9.17) is 14.2 Å². The summed E-state index contributed by atoms with van der Waals surface area (Å²) in [6, 6.07) is 10.4. The Balaban J connectivity index is 1.74. The lowest BCUT2D eigenvalue weighted by Gasteiger charge is -2.44. The number of hydrogen-bond donors (Lipinski definition) is 1. The second-order valence-corrected chi connectivity index (χ2v) is 11.5. The molecule has 1 aliphatic rings. The van der Waals surface area contributed by atoms with Crippen LogP contribution in [0.5, 0.6) is 17.2 Å². The molecular formula is C35H51N3O6. The molecule has 0 bridgehead atoms. The first-order valence-corrected chi connectivity index (χ1v) is 16.1. The molecule has 0 radical (unpaired) electrons. The molecule has 9 nitrogen and oxygen atoms in total. The number of amides is 3. The first-order valence-electron chi connectivity index (χ1n) is 16.1. The highest BCUT2D eigenvalue weighted by Crippen LogP contribution is 2.41. The summed E-state index contributed by atoms with van der Waals surface area (Å²) >= 11 is 0. The highest BCUT2D eigenvalue weighted by atomic mass is 16.5. The van der Waals surface area contributed by atoms with Gasteiger partial charge in [0.2, 0.25) is 23.5 Å². The van der Waals surface area contributed by atoms with E-state index in [1.165, 1.54) is 30.6 Å². The summed E-state index contributed by atoms with van der Waals surface area (Å²) in [7, 11) is 4.74. The van der Waals surface area contributed by atoms with Gasteiger partial charge in [0.25, 0.3) is 0 Å². The van der Waals surface area contributed by atoms with E-state index in [2.05, 4.69) is 19.2 Å². The third-order valence-corrected chi connectivity index (χ3v) is 8.35. The second-order valence-electron chi connectivity index (χ2n) is 11.5. The highest BCUT2D eigenvalue weighted by Gasteiger charge is 2.44. The van der Waals surface area contributed by atoms with Crippen molar-refractivity contribution < 1.29 is 28.6 Å². The molecule has 9 heteroatoms. The fourth-order valence-electron chi connectivity index (χ4n) is 5.70. The van der Waals surface area contributed by atoms with Gasteiger partial charge in [0.05, 0.1) is 21.3 Å². The summed E-state index contributed by atoms with van der Waals surface area (Å²) in [5, 5.41) is 2.95. The Kier molecular flexibility index (Phi) is 13.8. The third kappa shape index (κ3) is 8.89. The Hall–Kier alpha value is -3.75. The lowest BCUT2D eigenvalue weighted by molar-refractivity contribution is -0.162. The quantitative estimate of drug-likeness (QED) is 0.220. The number of hydrogen-bond acceptors (Lipinski definition) is 6. The van der Waals surface area contributed by atoms with Gasteiger partial charge in [0, 0.05) is 19.5 Å². The van der Waals surface area contributed by atoms with Crippen molar-refractivity contribution in [2.45, 2.75) is 90.6 Å². The average molecular weight is 610 g/mol. The SMILES string of the molecule is CCCCCCCCNC(=O)CN1C(=O)C(Cc2ccc(-c3cc(OC)c(OC)c(OC)c3)cc2)N(CCCC)C(=O)[C@@H]1C. The number of unbranched alkanes of at least 4 members (excludes halogenated alkanes) is 6. The van der Waals surface area contributed by atoms with Gasteiger partial charge in [-0.3, -0.25) is 14.4 Å². The molecule has 1 aliphatic heterocycles. The van der Waals surface area contributed by atoms with Crippen molar-refractivity contribution in [2.24, 2.45) is 0 Å². The first kappa shape index (κ1) is 34.7. The van der Waals surface area contributed by atoms with E-state index in [-0.39, 0.29) is 24.3 Å². The van der Waals surface area contributed by atoms with Gasteiger partial charge in [-0.25, -0.2) is 0 Å². The van der Waals surface area contributed by atoms with E-state index < -0.39 is 12.1 Å². The summed E-state index contributed by atoms with van der Waals surface area (Å²) in [5.41, 5.74) is 2.77. The number of carbonyl (C=O) groups is 3. The number of piperazine rings is 1. The Labute approximate surface area is 263 Å². The number of benzene rings is 2. The zero-order valence-electron chi connectivity index (χ0n) is 27.4. The Morgan fingerprint density at radius 1 is 0.773 bits per heavy atom. The topological polar surface area (TPSA) is 97.4 Å². The highest BCUT2D eigenvalue weighted by molar-refractivity contribution is 5.99. The second kappa shape index (κ2) is 17.5. The van der Waals surface area contributed by atoms with Crippen LogP contribution in [0.3, 0.4) is 0 Å². The van der Waals surface area contributed by atoms with Crippen LogP contribution < -0.4 is 19.5 Å². The number of carbonyl (C=O) groups excluding carboxylic acids is 3. The van der Waals surface area contributed by atoms with E-state index in [9.17, 15) is 14.4 Å². The minimum absolute atomic E-state index is 0.110. The van der Waals surface area contributed by atoms with Crippen molar-refractivity contribution >= 4 is 17.7 Å². The van der Waals surface area contributed by atoms with E-state index in [1.54, 1.807) is 33.2 Å². The zero-order valence-corrected chi connectivity index (χ0v) is 27.4. The monoisotopic (exact) mass is 609 g/mol. The summed E-state index contributed by atoms with van der Waals surface area (Å²) < 4.78 is 16.5. The minimum Gasteiger partial charge on any atom is -0.493 e. The van der Waals surface area contributed by atoms with Crippen molar-refractivity contribution in [2.75, 3.05) is 41.0 Å². The molecule has 3 rings (SSSR count). The average Bonchev–Trinajstić information content (AvgIpc) is 3.04. The van der Waals surface area contributed by atoms with Crippen LogP contribution in [0.4, 0.5) is 0 Å². The minimum atomic E-state index is -0.683. The molecule has 2 atom stereocenters. The zero-order chi connectivity index (χ0) is 32.1. The number of rotatable bonds is 18. The van der Waals surface area contributed by atoms with Gasteiger partial charge in [-0.15, -0.1) is 0 Å². The van der Waals surface area contributed by atoms with Crippen molar-refractivity contribution in [3.63, 3.8) is 0 Å². The van der Waals surface area contributed by atoms with Crippen molar-refractivity contribution in [3.05, 3.63) is 42.0 Å². The molecule has 1 N–H and O–H groups in total. The van der Waals surface area contributed by atoms with E-state index >= 15 is 0 Å². The van der Waals surface area contributed by atoms with Gasteiger partial charge in [0.15, 0.2) is 11.5 Å².